The largest absolute Gasteiger partial charge is 0.378 e. The van der Waals surface area contributed by atoms with E-state index in [-0.39, 0.29) is 11.6 Å². The Morgan fingerprint density at radius 2 is 1.55 bits per heavy atom. The molecule has 1 saturated heterocycles. The number of methoxy groups -OCH3 is 1. The number of hydrogen-bond acceptors (Lipinski definition) is 5. The van der Waals surface area contributed by atoms with Gasteiger partial charge in [-0.25, -0.2) is 4.98 Å². The van der Waals surface area contributed by atoms with Crippen LogP contribution in [0.5, 0.6) is 0 Å². The number of benzene rings is 2. The summed E-state index contributed by atoms with van der Waals surface area (Å²) in [5, 5.41) is 0. The summed E-state index contributed by atoms with van der Waals surface area (Å²) >= 11 is 0. The maximum absolute atomic E-state index is 12.6. The highest BCUT2D eigenvalue weighted by Gasteiger charge is 2.27. The van der Waals surface area contributed by atoms with Gasteiger partial charge in [0.25, 0.3) is 5.56 Å². The minimum Gasteiger partial charge on any atom is -0.378 e. The minimum absolute atomic E-state index is 0.0616. The van der Waals surface area contributed by atoms with Gasteiger partial charge in [0, 0.05) is 38.9 Å². The Balaban J connectivity index is 1.55. The van der Waals surface area contributed by atoms with Crippen LogP contribution in [-0.2, 0) is 17.8 Å². The van der Waals surface area contributed by atoms with Crippen molar-refractivity contribution in [3.8, 4) is 0 Å². The van der Waals surface area contributed by atoms with Crippen LogP contribution in [0.3, 0.4) is 0 Å². The van der Waals surface area contributed by atoms with E-state index in [2.05, 4.69) is 75.4 Å². The molecule has 31 heavy (non-hydrogen) atoms. The lowest BCUT2D eigenvalue weighted by Gasteiger charge is -2.40. The van der Waals surface area contributed by atoms with Gasteiger partial charge in [0.15, 0.2) is 0 Å². The monoisotopic (exact) mass is 418 g/mol. The van der Waals surface area contributed by atoms with Crippen molar-refractivity contribution < 1.29 is 4.74 Å². The first kappa shape index (κ1) is 21.3. The van der Waals surface area contributed by atoms with Gasteiger partial charge in [0.2, 0.25) is 5.95 Å². The molecule has 0 atom stereocenters. The van der Waals surface area contributed by atoms with E-state index in [0.29, 0.717) is 24.5 Å². The predicted molar refractivity (Wildman–Crippen MR) is 123 cm³/mol. The molecular formula is C25H30N4O2. The molecule has 1 aliphatic rings. The highest BCUT2D eigenvalue weighted by atomic mass is 16.5. The van der Waals surface area contributed by atoms with Crippen LogP contribution >= 0.6 is 0 Å². The predicted octanol–water partition coefficient (Wildman–Crippen LogP) is 3.39. The molecule has 2 aromatic carbocycles. The smallest absolute Gasteiger partial charge is 0.255 e. The van der Waals surface area contributed by atoms with Crippen LogP contribution in [0.4, 0.5) is 5.95 Å². The third kappa shape index (κ3) is 4.70. The molecule has 0 spiro atoms. The molecule has 1 aromatic heterocycles. The highest BCUT2D eigenvalue weighted by Crippen LogP contribution is 2.29. The quantitative estimate of drug-likeness (QED) is 0.637. The van der Waals surface area contributed by atoms with Crippen molar-refractivity contribution in [2.75, 3.05) is 38.2 Å². The first-order valence-electron chi connectivity index (χ1n) is 10.9. The Hall–Kier alpha value is -2.96. The van der Waals surface area contributed by atoms with Crippen molar-refractivity contribution in [3.05, 3.63) is 93.4 Å². The van der Waals surface area contributed by atoms with Crippen molar-refractivity contribution in [1.29, 1.82) is 0 Å². The van der Waals surface area contributed by atoms with Crippen LogP contribution in [-0.4, -0.2) is 48.2 Å². The Bertz CT molecular complexity index is 989. The molecule has 0 aliphatic carbocycles. The summed E-state index contributed by atoms with van der Waals surface area (Å²) in [6.45, 7) is 5.69. The third-order valence-corrected chi connectivity index (χ3v) is 5.93. The first-order valence-corrected chi connectivity index (χ1v) is 10.9. The van der Waals surface area contributed by atoms with Gasteiger partial charge in [-0.1, -0.05) is 67.6 Å². The van der Waals surface area contributed by atoms with Gasteiger partial charge in [0.05, 0.1) is 18.3 Å². The molecule has 6 heteroatoms. The summed E-state index contributed by atoms with van der Waals surface area (Å²) in [7, 11) is 1.63. The zero-order valence-corrected chi connectivity index (χ0v) is 18.3. The second-order valence-corrected chi connectivity index (χ2v) is 7.85. The van der Waals surface area contributed by atoms with Gasteiger partial charge >= 0.3 is 0 Å². The second kappa shape index (κ2) is 9.90. The molecular weight excluding hydrogens is 388 g/mol. The number of piperazine rings is 1. The normalized spacial score (nSPS) is 14.9. The number of aromatic nitrogens is 2. The van der Waals surface area contributed by atoms with E-state index in [9.17, 15) is 4.79 Å². The van der Waals surface area contributed by atoms with E-state index in [4.69, 9.17) is 9.72 Å². The average molecular weight is 419 g/mol. The van der Waals surface area contributed by atoms with Crippen LogP contribution in [0.2, 0.25) is 0 Å². The first-order chi connectivity index (χ1) is 15.2. The molecule has 4 rings (SSSR count). The van der Waals surface area contributed by atoms with Crippen molar-refractivity contribution in [2.45, 2.75) is 26.0 Å². The van der Waals surface area contributed by atoms with Gasteiger partial charge < -0.3 is 9.64 Å². The van der Waals surface area contributed by atoms with E-state index in [1.165, 1.54) is 11.1 Å². The maximum atomic E-state index is 12.6. The van der Waals surface area contributed by atoms with E-state index in [1.807, 2.05) is 6.92 Å². The van der Waals surface area contributed by atoms with Gasteiger partial charge in [-0.3, -0.25) is 14.7 Å². The molecule has 0 amide bonds. The van der Waals surface area contributed by atoms with E-state index in [1.54, 1.807) is 7.11 Å². The van der Waals surface area contributed by atoms with Crippen molar-refractivity contribution in [2.24, 2.45) is 0 Å². The molecule has 1 N–H and O–H groups in total. The van der Waals surface area contributed by atoms with Gasteiger partial charge in [0.1, 0.15) is 0 Å². The highest BCUT2D eigenvalue weighted by molar-refractivity contribution is 5.36. The van der Waals surface area contributed by atoms with Gasteiger partial charge in [-0.05, 0) is 17.5 Å². The van der Waals surface area contributed by atoms with Gasteiger partial charge in [-0.15, -0.1) is 0 Å². The van der Waals surface area contributed by atoms with E-state index >= 15 is 0 Å². The van der Waals surface area contributed by atoms with Crippen molar-refractivity contribution in [1.82, 2.24) is 14.9 Å². The molecule has 0 unspecified atom stereocenters. The fourth-order valence-corrected chi connectivity index (χ4v) is 4.38. The Morgan fingerprint density at radius 3 is 2.06 bits per heavy atom. The molecule has 2 heterocycles. The van der Waals surface area contributed by atoms with Gasteiger partial charge in [-0.2, -0.15) is 0 Å². The number of aromatic amines is 1. The number of H-pyrrole nitrogens is 1. The maximum Gasteiger partial charge on any atom is 0.255 e. The van der Waals surface area contributed by atoms with Crippen LogP contribution in [0, 0.1) is 0 Å². The third-order valence-electron chi connectivity index (χ3n) is 5.93. The topological polar surface area (TPSA) is 61.5 Å². The summed E-state index contributed by atoms with van der Waals surface area (Å²) < 4.78 is 5.27. The van der Waals surface area contributed by atoms with E-state index < -0.39 is 0 Å². The molecule has 1 fully saturated rings. The lowest BCUT2D eigenvalue weighted by atomic mass is 9.96. The average Bonchev–Trinajstić information content (AvgIpc) is 2.81. The Morgan fingerprint density at radius 1 is 0.968 bits per heavy atom. The molecule has 0 bridgehead atoms. The van der Waals surface area contributed by atoms with Crippen LogP contribution in [0.1, 0.15) is 35.3 Å². The molecule has 0 radical (unpaired) electrons. The van der Waals surface area contributed by atoms with Crippen LogP contribution in [0.15, 0.2) is 65.5 Å². The minimum atomic E-state index is -0.0616. The van der Waals surface area contributed by atoms with Crippen molar-refractivity contribution >= 4 is 5.95 Å². The fraction of sp³-hybridized carbons (Fsp3) is 0.360. The lowest BCUT2D eigenvalue weighted by molar-refractivity contribution is 0.180. The Kier molecular flexibility index (Phi) is 6.79. The van der Waals surface area contributed by atoms with Crippen molar-refractivity contribution in [3.63, 3.8) is 0 Å². The fourth-order valence-electron chi connectivity index (χ4n) is 4.38. The molecule has 0 saturated carbocycles. The van der Waals surface area contributed by atoms with Crippen LogP contribution in [0.25, 0.3) is 0 Å². The Labute approximate surface area is 183 Å². The summed E-state index contributed by atoms with van der Waals surface area (Å²) in [4.78, 5) is 25.0. The summed E-state index contributed by atoms with van der Waals surface area (Å²) in [6, 6.07) is 21.5. The number of nitrogens with one attached hydrogen (secondary N) is 1. The SMILES string of the molecule is CCc1c(COC)nc(N2CCN(C(c3ccccc3)c3ccccc3)CC2)[nH]c1=O. The molecule has 3 aromatic rings. The zero-order chi connectivity index (χ0) is 21.6. The number of ether oxygens (including phenoxy) is 1. The lowest BCUT2D eigenvalue weighted by Crippen LogP contribution is -2.49. The van der Waals surface area contributed by atoms with E-state index in [0.717, 1.165) is 31.9 Å². The molecule has 162 valence electrons. The number of hydrogen-bond donors (Lipinski definition) is 1. The number of anilines is 1. The van der Waals surface area contributed by atoms with Crippen LogP contribution < -0.4 is 10.5 Å². The standard InChI is InChI=1S/C25H30N4O2/c1-3-21-22(18-31-2)26-25(27-24(21)30)29-16-14-28(15-17-29)23(19-10-6-4-7-11-19)20-12-8-5-9-13-20/h4-13,23H,3,14-18H2,1-2H3,(H,26,27,30). The zero-order valence-electron chi connectivity index (χ0n) is 18.3. The summed E-state index contributed by atoms with van der Waals surface area (Å²) in [6.07, 6.45) is 0.644. The summed E-state index contributed by atoms with van der Waals surface area (Å²) in [5.74, 6) is 0.643. The summed E-state index contributed by atoms with van der Waals surface area (Å²) in [5.41, 5.74) is 3.97. The molecule has 6 nitrogen and oxygen atoms in total. The second-order valence-electron chi connectivity index (χ2n) is 7.85. The number of nitrogens with zero attached hydrogens (tertiary/aromatic N) is 3. The molecule has 1 aliphatic heterocycles. The number of rotatable bonds is 7.